The molecule has 8 nitrogen and oxygen atoms in total. The van der Waals surface area contributed by atoms with Crippen molar-refractivity contribution >= 4 is 13.7 Å². The Balaban J connectivity index is 3.88. The second-order valence-electron chi connectivity index (χ2n) is 24.9. The summed E-state index contributed by atoms with van der Waals surface area (Å²) in [6, 6.07) is -0.909. The zero-order valence-corrected chi connectivity index (χ0v) is 54.2. The monoisotopic (exact) mass is 1130 g/mol. The number of carbonyl (C=O) groups excluding carboxylic acids is 1. The first-order valence-corrected chi connectivity index (χ1v) is 36.0. The number of phosphoric acid groups is 1. The van der Waals surface area contributed by atoms with Gasteiger partial charge in [-0.3, -0.25) is 9.36 Å². The van der Waals surface area contributed by atoms with Crippen LogP contribution in [0.5, 0.6) is 0 Å². The molecular weight excluding hydrogens is 996 g/mol. The van der Waals surface area contributed by atoms with Crippen LogP contribution in [0.15, 0.2) is 48.6 Å². The third-order valence-corrected chi connectivity index (χ3v) is 16.7. The molecule has 0 aromatic carbocycles. The summed E-state index contributed by atoms with van der Waals surface area (Å²) in [6.07, 6.45) is 82.6. The van der Waals surface area contributed by atoms with E-state index in [1.807, 2.05) is 27.2 Å². The number of aliphatic hydroxyl groups excluding tert-OH is 1. The molecule has 0 aliphatic rings. The molecule has 0 radical (unpaired) electrons. The molecule has 1 amide bonds. The van der Waals surface area contributed by atoms with Crippen molar-refractivity contribution in [2.45, 2.75) is 353 Å². The average molecular weight is 1130 g/mol. The van der Waals surface area contributed by atoms with Crippen LogP contribution in [-0.4, -0.2) is 68.5 Å². The molecule has 0 aromatic heterocycles. The van der Waals surface area contributed by atoms with E-state index in [-0.39, 0.29) is 12.5 Å². The van der Waals surface area contributed by atoms with Crippen LogP contribution >= 0.6 is 7.82 Å². The maximum atomic E-state index is 13.0. The Bertz CT molecular complexity index is 1430. The molecule has 79 heavy (non-hydrogen) atoms. The van der Waals surface area contributed by atoms with Gasteiger partial charge in [0.05, 0.1) is 39.9 Å². The minimum Gasteiger partial charge on any atom is -0.756 e. The minimum atomic E-state index is -4.61. The third kappa shape index (κ3) is 63.9. The van der Waals surface area contributed by atoms with Crippen LogP contribution in [0.4, 0.5) is 0 Å². The van der Waals surface area contributed by atoms with Crippen molar-refractivity contribution < 1.29 is 32.9 Å². The lowest BCUT2D eigenvalue weighted by atomic mass is 10.0. The second kappa shape index (κ2) is 61.0. The van der Waals surface area contributed by atoms with E-state index in [4.69, 9.17) is 9.05 Å². The Hall–Kier alpha value is -1.54. The number of carbonyl (C=O) groups is 1. The number of amides is 1. The number of nitrogens with zero attached hydrogens (tertiary/aromatic N) is 1. The fraction of sp³-hybridized carbons (Fsp3) is 0.871. The van der Waals surface area contributed by atoms with Gasteiger partial charge >= 0.3 is 0 Å². The third-order valence-electron chi connectivity index (χ3n) is 15.7. The topological polar surface area (TPSA) is 108 Å². The summed E-state index contributed by atoms with van der Waals surface area (Å²) in [5, 5.41) is 13.9. The Kier molecular flexibility index (Phi) is 59.8. The standard InChI is InChI=1S/C70H135N2O6P/c1-6-8-10-12-14-16-18-20-22-24-25-26-27-28-29-30-31-32-33-34-35-36-37-38-39-40-41-42-43-44-45-46-47-48-50-52-54-56-58-60-62-64-70(74)71-68(67-78-79(75,76)77-66-65-72(3,4)5)69(73)63-61-59-57-55-53-51-49-23-21-19-17-15-13-11-9-7-2/h21,23-25,53,55,61,63,68-69,73H,6-20,22,26-52,54,56-60,62,64-67H2,1-5H3,(H-,71,74,75,76)/b23-21+,25-24-,55-53+,63-61+. The molecule has 9 heteroatoms. The second-order valence-corrected chi connectivity index (χ2v) is 26.3. The van der Waals surface area contributed by atoms with Gasteiger partial charge in [-0.1, -0.05) is 313 Å². The number of nitrogens with one attached hydrogen (secondary N) is 1. The molecule has 3 unspecified atom stereocenters. The predicted molar refractivity (Wildman–Crippen MR) is 344 cm³/mol. The number of unbranched alkanes of at least 4 members (excludes halogenated alkanes) is 45. The molecule has 0 aromatic rings. The molecule has 0 aliphatic carbocycles. The summed E-state index contributed by atoms with van der Waals surface area (Å²) in [6.45, 7) is 4.64. The number of likely N-dealkylation sites (N-methyl/N-ethyl adjacent to an activating group) is 1. The Morgan fingerprint density at radius 3 is 1.03 bits per heavy atom. The van der Waals surface area contributed by atoms with Crippen molar-refractivity contribution in [3.8, 4) is 0 Å². The number of hydrogen-bond acceptors (Lipinski definition) is 6. The maximum absolute atomic E-state index is 13.0. The molecule has 0 fully saturated rings. The fourth-order valence-corrected chi connectivity index (χ4v) is 11.1. The smallest absolute Gasteiger partial charge is 0.268 e. The first-order valence-electron chi connectivity index (χ1n) is 34.5. The van der Waals surface area contributed by atoms with Crippen LogP contribution in [-0.2, 0) is 18.4 Å². The van der Waals surface area contributed by atoms with E-state index < -0.39 is 26.6 Å². The van der Waals surface area contributed by atoms with Gasteiger partial charge in [-0.05, 0) is 70.6 Å². The van der Waals surface area contributed by atoms with Crippen LogP contribution in [0.3, 0.4) is 0 Å². The summed E-state index contributed by atoms with van der Waals surface area (Å²) in [5.41, 5.74) is 0. The van der Waals surface area contributed by atoms with E-state index in [2.05, 4.69) is 55.6 Å². The lowest BCUT2D eigenvalue weighted by molar-refractivity contribution is -0.870. The quantitative estimate of drug-likeness (QED) is 0.0272. The van der Waals surface area contributed by atoms with E-state index in [1.54, 1.807) is 6.08 Å². The van der Waals surface area contributed by atoms with Gasteiger partial charge in [0.25, 0.3) is 7.82 Å². The zero-order valence-electron chi connectivity index (χ0n) is 53.3. The van der Waals surface area contributed by atoms with E-state index >= 15 is 0 Å². The van der Waals surface area contributed by atoms with Gasteiger partial charge in [0.15, 0.2) is 0 Å². The molecule has 2 N–H and O–H groups in total. The SMILES string of the molecule is CCCCCCCC/C=C/CC/C=C/CC/C=C/C(O)C(COP(=O)([O-])OCC[N+](C)(C)C)NC(=O)CCCCCCCCCCCCCCCCCCCCCCCCCCCCCCC/C=C\CCCCCCCCCC. The Morgan fingerprint density at radius 1 is 0.430 bits per heavy atom. The number of aliphatic hydroxyl groups is 1. The predicted octanol–water partition coefficient (Wildman–Crippen LogP) is 21.2. The zero-order chi connectivity index (χ0) is 57.7. The van der Waals surface area contributed by atoms with Crippen LogP contribution < -0.4 is 10.2 Å². The van der Waals surface area contributed by atoms with E-state index in [0.29, 0.717) is 17.4 Å². The number of rotatable bonds is 64. The Morgan fingerprint density at radius 2 is 0.709 bits per heavy atom. The van der Waals surface area contributed by atoms with Gasteiger partial charge in [-0.2, -0.15) is 0 Å². The van der Waals surface area contributed by atoms with Gasteiger partial charge in [0, 0.05) is 6.42 Å². The van der Waals surface area contributed by atoms with Crippen molar-refractivity contribution in [2.75, 3.05) is 40.9 Å². The fourth-order valence-electron chi connectivity index (χ4n) is 10.4. The molecular formula is C70H135N2O6P. The van der Waals surface area contributed by atoms with Gasteiger partial charge in [0.1, 0.15) is 13.2 Å². The normalized spacial score (nSPS) is 14.0. The minimum absolute atomic E-state index is 0.00799. The van der Waals surface area contributed by atoms with Gasteiger partial charge < -0.3 is 28.8 Å². The Labute approximate surface area is 492 Å². The molecule has 0 aliphatic heterocycles. The summed E-state index contributed by atoms with van der Waals surface area (Å²) >= 11 is 0. The van der Waals surface area contributed by atoms with Gasteiger partial charge in [0.2, 0.25) is 5.91 Å². The molecule has 0 heterocycles. The molecule has 466 valence electrons. The highest BCUT2D eigenvalue weighted by Crippen LogP contribution is 2.38. The highest BCUT2D eigenvalue weighted by atomic mass is 31.2. The molecule has 0 saturated carbocycles. The summed E-state index contributed by atoms with van der Waals surface area (Å²) in [5.74, 6) is -0.206. The summed E-state index contributed by atoms with van der Waals surface area (Å²) in [4.78, 5) is 25.5. The van der Waals surface area contributed by atoms with E-state index in [1.165, 1.54) is 276 Å². The molecule has 0 spiro atoms. The van der Waals surface area contributed by atoms with Crippen LogP contribution in [0.1, 0.15) is 341 Å². The number of hydrogen-bond donors (Lipinski definition) is 2. The average Bonchev–Trinajstić information content (AvgIpc) is 3.42. The van der Waals surface area contributed by atoms with Crippen molar-refractivity contribution in [2.24, 2.45) is 0 Å². The van der Waals surface area contributed by atoms with Crippen LogP contribution in [0, 0.1) is 0 Å². The lowest BCUT2D eigenvalue weighted by Crippen LogP contribution is -2.45. The van der Waals surface area contributed by atoms with Crippen LogP contribution in [0.25, 0.3) is 0 Å². The number of allylic oxidation sites excluding steroid dienone is 7. The highest BCUT2D eigenvalue weighted by Gasteiger charge is 2.23. The molecule has 0 saturated heterocycles. The van der Waals surface area contributed by atoms with Crippen molar-refractivity contribution in [3.05, 3.63) is 48.6 Å². The number of phosphoric ester groups is 1. The lowest BCUT2D eigenvalue weighted by Gasteiger charge is -2.29. The number of quaternary nitrogens is 1. The van der Waals surface area contributed by atoms with Crippen molar-refractivity contribution in [3.63, 3.8) is 0 Å². The van der Waals surface area contributed by atoms with Gasteiger partial charge in [-0.15, -0.1) is 0 Å². The van der Waals surface area contributed by atoms with E-state index in [0.717, 1.165) is 44.9 Å². The first kappa shape index (κ1) is 77.5. The maximum Gasteiger partial charge on any atom is 0.268 e. The van der Waals surface area contributed by atoms with Crippen LogP contribution in [0.2, 0.25) is 0 Å². The first-order chi connectivity index (χ1) is 38.5. The molecule has 0 rings (SSSR count). The molecule has 0 bridgehead atoms. The van der Waals surface area contributed by atoms with Crippen molar-refractivity contribution in [1.82, 2.24) is 5.32 Å². The highest BCUT2D eigenvalue weighted by molar-refractivity contribution is 7.45. The molecule has 3 atom stereocenters. The largest absolute Gasteiger partial charge is 0.756 e. The summed E-state index contributed by atoms with van der Waals surface area (Å²) in [7, 11) is 1.25. The van der Waals surface area contributed by atoms with Crippen molar-refractivity contribution in [1.29, 1.82) is 0 Å². The van der Waals surface area contributed by atoms with Gasteiger partial charge in [-0.25, -0.2) is 0 Å². The van der Waals surface area contributed by atoms with E-state index in [9.17, 15) is 19.4 Å². The summed E-state index contributed by atoms with van der Waals surface area (Å²) < 4.78 is 23.4.